The molecular formula is C29H39N3O7. The topological polar surface area (TPSA) is 132 Å². The number of alkyl carbamates (subject to hydrolysis) is 2. The van der Waals surface area contributed by atoms with Gasteiger partial charge in [0.1, 0.15) is 24.3 Å². The second-order valence-electron chi connectivity index (χ2n) is 9.96. The average molecular weight is 542 g/mol. The summed E-state index contributed by atoms with van der Waals surface area (Å²) in [6.07, 6.45) is 0.278. The molecule has 0 aliphatic carbocycles. The van der Waals surface area contributed by atoms with E-state index in [0.29, 0.717) is 19.4 Å². The van der Waals surface area contributed by atoms with E-state index < -0.39 is 41.7 Å². The van der Waals surface area contributed by atoms with Crippen molar-refractivity contribution < 1.29 is 33.4 Å². The summed E-state index contributed by atoms with van der Waals surface area (Å²) in [7, 11) is 1.24. The van der Waals surface area contributed by atoms with E-state index in [4.69, 9.17) is 14.2 Å². The van der Waals surface area contributed by atoms with Crippen molar-refractivity contribution >= 4 is 24.1 Å². The van der Waals surface area contributed by atoms with Gasteiger partial charge >= 0.3 is 18.2 Å². The lowest BCUT2D eigenvalue weighted by Gasteiger charge is -2.25. The molecule has 2 aromatic carbocycles. The van der Waals surface area contributed by atoms with Crippen LogP contribution < -0.4 is 16.0 Å². The van der Waals surface area contributed by atoms with Gasteiger partial charge in [0.15, 0.2) is 0 Å². The molecule has 3 amide bonds. The Bertz CT molecular complexity index is 1060. The molecule has 0 aliphatic rings. The summed E-state index contributed by atoms with van der Waals surface area (Å²) < 4.78 is 15.4. The van der Waals surface area contributed by atoms with E-state index in [1.165, 1.54) is 7.11 Å². The molecule has 3 N–H and O–H groups in total. The number of methoxy groups -OCH3 is 1. The van der Waals surface area contributed by atoms with Crippen LogP contribution in [0.2, 0.25) is 0 Å². The van der Waals surface area contributed by atoms with Crippen LogP contribution in [0.25, 0.3) is 0 Å². The van der Waals surface area contributed by atoms with Crippen LogP contribution in [0.3, 0.4) is 0 Å². The zero-order valence-corrected chi connectivity index (χ0v) is 23.0. The van der Waals surface area contributed by atoms with Crippen molar-refractivity contribution in [3.05, 3.63) is 71.8 Å². The third-order valence-electron chi connectivity index (χ3n) is 5.49. The van der Waals surface area contributed by atoms with Crippen LogP contribution in [0.4, 0.5) is 9.59 Å². The highest BCUT2D eigenvalue weighted by Crippen LogP contribution is 2.10. The first-order valence-corrected chi connectivity index (χ1v) is 12.9. The van der Waals surface area contributed by atoms with Gasteiger partial charge in [-0.25, -0.2) is 14.4 Å². The minimum atomic E-state index is -0.976. The Kier molecular flexibility index (Phi) is 12.8. The van der Waals surface area contributed by atoms with E-state index in [0.717, 1.165) is 11.1 Å². The average Bonchev–Trinajstić information content (AvgIpc) is 2.90. The fourth-order valence-electron chi connectivity index (χ4n) is 3.61. The summed E-state index contributed by atoms with van der Waals surface area (Å²) in [4.78, 5) is 49.9. The lowest BCUT2D eigenvalue weighted by atomic mass is 10.0. The number of nitrogens with one attached hydrogen (secondary N) is 3. The van der Waals surface area contributed by atoms with Crippen LogP contribution in [-0.4, -0.2) is 55.4 Å². The van der Waals surface area contributed by atoms with Crippen LogP contribution in [0.15, 0.2) is 60.7 Å². The van der Waals surface area contributed by atoms with Crippen molar-refractivity contribution in [2.75, 3.05) is 13.7 Å². The highest BCUT2D eigenvalue weighted by Gasteiger charge is 2.29. The predicted molar refractivity (Wildman–Crippen MR) is 146 cm³/mol. The fraction of sp³-hybridized carbons (Fsp3) is 0.448. The van der Waals surface area contributed by atoms with Gasteiger partial charge in [-0.1, -0.05) is 60.7 Å². The number of hydrogen-bond donors (Lipinski definition) is 3. The maximum absolute atomic E-state index is 13.2. The summed E-state index contributed by atoms with van der Waals surface area (Å²) in [5, 5.41) is 7.98. The van der Waals surface area contributed by atoms with Crippen molar-refractivity contribution in [1.29, 1.82) is 0 Å². The Morgan fingerprint density at radius 2 is 1.41 bits per heavy atom. The Morgan fingerprint density at radius 1 is 0.795 bits per heavy atom. The van der Waals surface area contributed by atoms with Crippen LogP contribution in [0.1, 0.15) is 51.2 Å². The first kappa shape index (κ1) is 31.1. The van der Waals surface area contributed by atoms with Crippen LogP contribution in [0, 0.1) is 0 Å². The first-order valence-electron chi connectivity index (χ1n) is 12.9. The van der Waals surface area contributed by atoms with Crippen molar-refractivity contribution in [2.45, 2.75) is 70.7 Å². The maximum Gasteiger partial charge on any atom is 0.408 e. The van der Waals surface area contributed by atoms with Gasteiger partial charge in [-0.15, -0.1) is 0 Å². The zero-order valence-electron chi connectivity index (χ0n) is 23.0. The Hall–Kier alpha value is -4.08. The predicted octanol–water partition coefficient (Wildman–Crippen LogP) is 3.88. The zero-order chi connectivity index (χ0) is 28.7. The lowest BCUT2D eigenvalue weighted by molar-refractivity contribution is -0.145. The standard InChI is InChI=1S/C29H39N3O7/c1-29(2,3)39-28(36)32-24(19-21-13-7-5-8-14-21)25(33)31-23(26(34)37-4)17-11-12-18-30-27(35)38-20-22-15-9-6-10-16-22/h5-10,13-16,23-24H,11-12,17-20H2,1-4H3,(H,30,35)(H,31,33)(H,32,36)/t23-,24-/m0/s1. The highest BCUT2D eigenvalue weighted by molar-refractivity contribution is 5.89. The number of carbonyl (C=O) groups excluding carboxylic acids is 4. The summed E-state index contributed by atoms with van der Waals surface area (Å²) in [5.41, 5.74) is 0.971. The minimum Gasteiger partial charge on any atom is -0.467 e. The molecule has 2 aromatic rings. The monoisotopic (exact) mass is 541 g/mol. The van der Waals surface area contributed by atoms with Crippen molar-refractivity contribution in [1.82, 2.24) is 16.0 Å². The first-order chi connectivity index (χ1) is 18.6. The van der Waals surface area contributed by atoms with E-state index in [9.17, 15) is 19.2 Å². The molecule has 2 rings (SSSR count). The van der Waals surface area contributed by atoms with E-state index in [2.05, 4.69) is 16.0 Å². The number of hydrogen-bond acceptors (Lipinski definition) is 7. The molecule has 0 unspecified atom stereocenters. The summed E-state index contributed by atoms with van der Waals surface area (Å²) in [5.74, 6) is -1.14. The Balaban J connectivity index is 1.88. The molecule has 0 fully saturated rings. The second-order valence-corrected chi connectivity index (χ2v) is 9.96. The number of rotatable bonds is 13. The number of benzene rings is 2. The minimum absolute atomic E-state index is 0.171. The van der Waals surface area contributed by atoms with Gasteiger partial charge in [0.2, 0.25) is 5.91 Å². The molecule has 0 saturated carbocycles. The van der Waals surface area contributed by atoms with E-state index in [-0.39, 0.29) is 19.4 Å². The van der Waals surface area contributed by atoms with Crippen molar-refractivity contribution in [2.24, 2.45) is 0 Å². The van der Waals surface area contributed by atoms with Crippen molar-refractivity contribution in [3.63, 3.8) is 0 Å². The largest absolute Gasteiger partial charge is 0.467 e. The molecule has 212 valence electrons. The van der Waals surface area contributed by atoms with Gasteiger partial charge in [0.05, 0.1) is 7.11 Å². The third-order valence-corrected chi connectivity index (χ3v) is 5.49. The molecule has 39 heavy (non-hydrogen) atoms. The molecule has 0 aliphatic heterocycles. The second kappa shape index (κ2) is 16.0. The van der Waals surface area contributed by atoms with Crippen molar-refractivity contribution in [3.8, 4) is 0 Å². The molecule has 10 nitrogen and oxygen atoms in total. The molecule has 2 atom stereocenters. The number of carbonyl (C=O) groups is 4. The number of amides is 3. The molecule has 0 aromatic heterocycles. The molecule has 0 saturated heterocycles. The Morgan fingerprint density at radius 3 is 2.00 bits per heavy atom. The maximum atomic E-state index is 13.2. The van der Waals surface area contributed by atoms with Crippen LogP contribution in [-0.2, 0) is 36.8 Å². The molecule has 10 heteroatoms. The lowest BCUT2D eigenvalue weighted by Crippen LogP contribution is -2.53. The molecule has 0 radical (unpaired) electrons. The smallest absolute Gasteiger partial charge is 0.408 e. The number of esters is 1. The van der Waals surface area contributed by atoms with Crippen LogP contribution >= 0.6 is 0 Å². The van der Waals surface area contributed by atoms with Gasteiger partial charge in [-0.05, 0) is 51.2 Å². The van der Waals surface area contributed by atoms with Gasteiger partial charge in [0.25, 0.3) is 0 Å². The molecule has 0 heterocycles. The Labute approximate surface area is 229 Å². The van der Waals surface area contributed by atoms with E-state index in [1.54, 1.807) is 20.8 Å². The number of ether oxygens (including phenoxy) is 3. The quantitative estimate of drug-likeness (QED) is 0.199. The van der Waals surface area contributed by atoms with Gasteiger partial charge < -0.3 is 30.2 Å². The number of unbranched alkanes of at least 4 members (excludes halogenated alkanes) is 1. The third kappa shape index (κ3) is 12.8. The highest BCUT2D eigenvalue weighted by atomic mass is 16.6. The normalized spacial score (nSPS) is 12.4. The molecular weight excluding hydrogens is 502 g/mol. The van der Waals surface area contributed by atoms with Gasteiger partial charge in [0, 0.05) is 13.0 Å². The van der Waals surface area contributed by atoms with E-state index in [1.807, 2.05) is 60.7 Å². The van der Waals surface area contributed by atoms with Crippen LogP contribution in [0.5, 0.6) is 0 Å². The SMILES string of the molecule is COC(=O)[C@H](CCCCNC(=O)OCc1ccccc1)NC(=O)[C@H](Cc1ccccc1)NC(=O)OC(C)(C)C. The summed E-state index contributed by atoms with van der Waals surface area (Å²) in [6.45, 7) is 5.69. The van der Waals surface area contributed by atoms with Gasteiger partial charge in [-0.2, -0.15) is 0 Å². The summed E-state index contributed by atoms with van der Waals surface area (Å²) >= 11 is 0. The van der Waals surface area contributed by atoms with E-state index >= 15 is 0 Å². The van der Waals surface area contributed by atoms with Gasteiger partial charge in [-0.3, -0.25) is 4.79 Å². The molecule has 0 spiro atoms. The summed E-state index contributed by atoms with van der Waals surface area (Å²) in [6, 6.07) is 16.6. The fourth-order valence-corrected chi connectivity index (χ4v) is 3.61. The molecule has 0 bridgehead atoms.